The van der Waals surface area contributed by atoms with Crippen molar-refractivity contribution in [3.05, 3.63) is 5.70 Å². The van der Waals surface area contributed by atoms with E-state index in [1.54, 1.807) is 5.94 Å². The van der Waals surface area contributed by atoms with Crippen molar-refractivity contribution in [2.75, 3.05) is 13.1 Å². The topological polar surface area (TPSA) is 37.4 Å². The molecule has 3 rings (SSSR count). The van der Waals surface area contributed by atoms with E-state index < -0.39 is 0 Å². The number of rotatable bonds is 0. The third-order valence-electron chi connectivity index (χ3n) is 2.51. The number of piperidine rings is 3. The van der Waals surface area contributed by atoms with Crippen LogP contribution in [0, 0.1) is 5.92 Å². The number of hydrogen-bond acceptors (Lipinski definition) is 3. The summed E-state index contributed by atoms with van der Waals surface area (Å²) < 4.78 is 0. The Balaban J connectivity index is 2.37. The number of Topliss-reactive ketones (excluding diaryl/α,β-unsaturated/α-hetero) is 1. The van der Waals surface area contributed by atoms with Crippen molar-refractivity contribution < 1.29 is 9.59 Å². The van der Waals surface area contributed by atoms with Crippen molar-refractivity contribution in [3.8, 4) is 0 Å². The van der Waals surface area contributed by atoms with Gasteiger partial charge in [-0.2, -0.15) is 0 Å². The molecule has 0 spiro atoms. The molecular formula is C8H9NO2. The van der Waals surface area contributed by atoms with Crippen LogP contribution in [-0.4, -0.2) is 29.7 Å². The Morgan fingerprint density at radius 2 is 2.00 bits per heavy atom. The van der Waals surface area contributed by atoms with Gasteiger partial charge in [0.05, 0.1) is 0 Å². The number of ketones is 1. The lowest BCUT2D eigenvalue weighted by Crippen LogP contribution is -2.46. The zero-order chi connectivity index (χ0) is 7.84. The van der Waals surface area contributed by atoms with Crippen LogP contribution in [0.5, 0.6) is 0 Å². The molecule has 2 bridgehead atoms. The summed E-state index contributed by atoms with van der Waals surface area (Å²) in [4.78, 5) is 23.5. The summed E-state index contributed by atoms with van der Waals surface area (Å²) in [5.74, 6) is 1.86. The molecule has 11 heavy (non-hydrogen) atoms. The fraction of sp³-hybridized carbons (Fsp3) is 0.625. The summed E-state index contributed by atoms with van der Waals surface area (Å²) in [6, 6.07) is 0. The lowest BCUT2D eigenvalue weighted by Gasteiger charge is -2.38. The van der Waals surface area contributed by atoms with Crippen LogP contribution in [0.15, 0.2) is 5.70 Å². The lowest BCUT2D eigenvalue weighted by atomic mass is 9.85. The second-order valence-electron chi connectivity index (χ2n) is 3.08. The third kappa shape index (κ3) is 0.813. The maximum absolute atomic E-state index is 11.3. The van der Waals surface area contributed by atoms with Crippen molar-refractivity contribution in [1.29, 1.82) is 0 Å². The smallest absolute Gasteiger partial charge is 0.193 e. The van der Waals surface area contributed by atoms with Crippen molar-refractivity contribution >= 4 is 11.7 Å². The highest BCUT2D eigenvalue weighted by Gasteiger charge is 2.37. The average Bonchev–Trinajstić information content (AvgIpc) is 2.06. The number of hydrogen-bond donors (Lipinski definition) is 0. The van der Waals surface area contributed by atoms with Gasteiger partial charge in [0.2, 0.25) is 0 Å². The summed E-state index contributed by atoms with van der Waals surface area (Å²) >= 11 is 0. The van der Waals surface area contributed by atoms with Crippen LogP contribution in [-0.2, 0) is 9.59 Å². The standard InChI is InChI=1S/C8H9NO2/c10-5-7-8(11)6-1-3-9(7)4-2-6/h6H,1-4H2. The van der Waals surface area contributed by atoms with E-state index in [9.17, 15) is 9.59 Å². The molecule has 3 nitrogen and oxygen atoms in total. The third-order valence-corrected chi connectivity index (χ3v) is 2.51. The van der Waals surface area contributed by atoms with Crippen LogP contribution < -0.4 is 0 Å². The van der Waals surface area contributed by atoms with Gasteiger partial charge in [0.25, 0.3) is 0 Å². The molecular weight excluding hydrogens is 142 g/mol. The minimum Gasteiger partial charge on any atom is -0.360 e. The minimum absolute atomic E-state index is 0.0116. The van der Waals surface area contributed by atoms with Crippen LogP contribution in [0.25, 0.3) is 0 Å². The fourth-order valence-corrected chi connectivity index (χ4v) is 1.83. The molecule has 3 heterocycles. The molecule has 0 radical (unpaired) electrons. The van der Waals surface area contributed by atoms with Crippen LogP contribution >= 0.6 is 0 Å². The highest BCUT2D eigenvalue weighted by Crippen LogP contribution is 2.29. The molecule has 0 aliphatic carbocycles. The first-order chi connectivity index (χ1) is 5.33. The van der Waals surface area contributed by atoms with E-state index in [1.165, 1.54) is 0 Å². The molecule has 3 saturated heterocycles. The number of fused-ring (bicyclic) bond motifs is 3. The molecule has 58 valence electrons. The summed E-state index contributed by atoms with van der Waals surface area (Å²) in [6.45, 7) is 1.72. The Bertz CT molecular complexity index is 245. The summed E-state index contributed by atoms with van der Waals surface area (Å²) in [5, 5.41) is 0. The van der Waals surface area contributed by atoms with E-state index in [-0.39, 0.29) is 17.4 Å². The van der Waals surface area contributed by atoms with Crippen LogP contribution in [0.2, 0.25) is 0 Å². The number of nitrogens with zero attached hydrogens (tertiary/aromatic N) is 1. The van der Waals surface area contributed by atoms with Gasteiger partial charge in [-0.1, -0.05) is 0 Å². The Labute approximate surface area is 64.7 Å². The Morgan fingerprint density at radius 3 is 2.36 bits per heavy atom. The van der Waals surface area contributed by atoms with Crippen LogP contribution in [0.1, 0.15) is 12.8 Å². The van der Waals surface area contributed by atoms with Gasteiger partial charge < -0.3 is 4.90 Å². The number of allylic oxidation sites excluding steroid dienone is 1. The molecule has 3 heteroatoms. The predicted octanol–water partition coefficient (Wildman–Crippen LogP) is -0.00340. The van der Waals surface area contributed by atoms with Crippen molar-refractivity contribution in [2.45, 2.75) is 12.8 Å². The molecule has 0 aromatic carbocycles. The summed E-state index contributed by atoms with van der Waals surface area (Å²) in [5.41, 5.74) is 0.285. The van der Waals surface area contributed by atoms with Gasteiger partial charge in [0.15, 0.2) is 17.4 Å². The van der Waals surface area contributed by atoms with Crippen molar-refractivity contribution in [2.24, 2.45) is 5.92 Å². The van der Waals surface area contributed by atoms with E-state index in [2.05, 4.69) is 0 Å². The number of carbonyl (C=O) groups excluding carboxylic acids is 2. The molecule has 0 aromatic heterocycles. The van der Waals surface area contributed by atoms with E-state index in [0.29, 0.717) is 0 Å². The monoisotopic (exact) mass is 151 g/mol. The van der Waals surface area contributed by atoms with Gasteiger partial charge in [-0.05, 0) is 12.8 Å². The molecule has 0 unspecified atom stereocenters. The molecule has 3 fully saturated rings. The SMILES string of the molecule is O=C=C1C(=O)C2CCN1CC2. The Hall–Kier alpha value is -1.08. The first-order valence-corrected chi connectivity index (χ1v) is 3.87. The molecule has 0 atom stereocenters. The lowest BCUT2D eigenvalue weighted by molar-refractivity contribution is -0.125. The number of carbonyl (C=O) groups is 1. The Morgan fingerprint density at radius 1 is 1.36 bits per heavy atom. The van der Waals surface area contributed by atoms with Gasteiger partial charge in [-0.25, -0.2) is 4.79 Å². The highest BCUT2D eigenvalue weighted by molar-refractivity contribution is 6.04. The first-order valence-electron chi connectivity index (χ1n) is 3.87. The van der Waals surface area contributed by atoms with Crippen molar-refractivity contribution in [3.63, 3.8) is 0 Å². The van der Waals surface area contributed by atoms with Crippen LogP contribution in [0.4, 0.5) is 0 Å². The van der Waals surface area contributed by atoms with Gasteiger partial charge in [0, 0.05) is 19.0 Å². The molecule has 0 aromatic rings. The highest BCUT2D eigenvalue weighted by atomic mass is 16.1. The van der Waals surface area contributed by atoms with E-state index in [1.807, 2.05) is 4.90 Å². The average molecular weight is 151 g/mol. The molecule has 3 aliphatic heterocycles. The first kappa shape index (κ1) is 6.62. The molecule has 3 aliphatic rings. The van der Waals surface area contributed by atoms with Crippen LogP contribution in [0.3, 0.4) is 0 Å². The largest absolute Gasteiger partial charge is 0.360 e. The van der Waals surface area contributed by atoms with E-state index >= 15 is 0 Å². The maximum Gasteiger partial charge on any atom is 0.193 e. The van der Waals surface area contributed by atoms with E-state index in [0.717, 1.165) is 25.9 Å². The van der Waals surface area contributed by atoms with Gasteiger partial charge in [-0.15, -0.1) is 0 Å². The minimum atomic E-state index is 0.0116. The second-order valence-corrected chi connectivity index (χ2v) is 3.08. The summed E-state index contributed by atoms with van der Waals surface area (Å²) in [6.07, 6.45) is 1.84. The normalized spacial score (nSPS) is 24.2. The van der Waals surface area contributed by atoms with Gasteiger partial charge in [0.1, 0.15) is 0 Å². The van der Waals surface area contributed by atoms with Gasteiger partial charge >= 0.3 is 0 Å². The Kier molecular flexibility index (Phi) is 1.33. The van der Waals surface area contributed by atoms with E-state index in [4.69, 9.17) is 0 Å². The maximum atomic E-state index is 11.3. The summed E-state index contributed by atoms with van der Waals surface area (Å²) in [7, 11) is 0. The zero-order valence-corrected chi connectivity index (χ0v) is 6.17. The zero-order valence-electron chi connectivity index (χ0n) is 6.17. The fourth-order valence-electron chi connectivity index (χ4n) is 1.83. The second kappa shape index (κ2) is 2.21. The van der Waals surface area contributed by atoms with Gasteiger partial charge in [-0.3, -0.25) is 4.79 Å². The molecule has 0 amide bonds. The molecule has 0 N–H and O–H groups in total. The van der Waals surface area contributed by atoms with Crippen molar-refractivity contribution in [1.82, 2.24) is 4.90 Å². The predicted molar refractivity (Wildman–Crippen MR) is 38.5 cm³/mol. The molecule has 0 saturated carbocycles. The quantitative estimate of drug-likeness (QED) is 0.361.